The predicted octanol–water partition coefficient (Wildman–Crippen LogP) is 2.33. The Kier molecular flexibility index (Phi) is 4.04. The van der Waals surface area contributed by atoms with Crippen molar-refractivity contribution in [2.24, 2.45) is 11.0 Å². The lowest BCUT2D eigenvalue weighted by Gasteiger charge is -2.19. The van der Waals surface area contributed by atoms with Gasteiger partial charge in [-0.2, -0.15) is 0 Å². The van der Waals surface area contributed by atoms with E-state index in [0.29, 0.717) is 12.1 Å². The molecule has 0 bridgehead atoms. The molecule has 1 N–H and O–H groups in total. The highest BCUT2D eigenvalue weighted by atomic mass is 19.1. The van der Waals surface area contributed by atoms with Crippen LogP contribution in [0.25, 0.3) is 10.4 Å². The second-order valence-corrected chi connectivity index (χ2v) is 4.58. The lowest BCUT2D eigenvalue weighted by Crippen LogP contribution is -2.28. The molecule has 1 amide bonds. The first-order chi connectivity index (χ1) is 9.93. The van der Waals surface area contributed by atoms with Crippen LogP contribution in [0.1, 0.15) is 16.8 Å². The normalized spacial score (nSPS) is 17.7. The van der Waals surface area contributed by atoms with Gasteiger partial charge in [0.15, 0.2) is 5.82 Å². The van der Waals surface area contributed by atoms with Gasteiger partial charge in [-0.1, -0.05) is 5.11 Å². The summed E-state index contributed by atoms with van der Waals surface area (Å²) in [6.07, 6.45) is 0.00882. The molecular formula is C12H10F2N4O3. The van der Waals surface area contributed by atoms with Gasteiger partial charge in [-0.25, -0.2) is 13.6 Å². The molecule has 1 aromatic rings. The van der Waals surface area contributed by atoms with E-state index in [0.717, 1.165) is 4.90 Å². The van der Waals surface area contributed by atoms with Crippen LogP contribution in [-0.2, 0) is 4.79 Å². The number of aromatic carboxylic acids is 1. The zero-order valence-corrected chi connectivity index (χ0v) is 10.7. The minimum Gasteiger partial charge on any atom is -0.478 e. The molecule has 21 heavy (non-hydrogen) atoms. The van der Waals surface area contributed by atoms with E-state index in [2.05, 4.69) is 10.0 Å². The van der Waals surface area contributed by atoms with E-state index < -0.39 is 34.8 Å². The SMILES string of the molecule is [N-]=[N+]=NCC1CC(=O)N(c2c(F)cc(F)cc2C(=O)O)C1. The number of carboxylic acid groups (broad SMARTS) is 1. The zero-order chi connectivity index (χ0) is 15.6. The van der Waals surface area contributed by atoms with E-state index in [1.54, 1.807) is 0 Å². The van der Waals surface area contributed by atoms with Gasteiger partial charge in [0.05, 0.1) is 11.3 Å². The lowest BCUT2D eigenvalue weighted by molar-refractivity contribution is -0.117. The third kappa shape index (κ3) is 2.92. The van der Waals surface area contributed by atoms with Gasteiger partial charge in [0.2, 0.25) is 5.91 Å². The quantitative estimate of drug-likeness (QED) is 0.523. The Balaban J connectivity index is 2.40. The number of carbonyl (C=O) groups is 2. The number of hydrogen-bond donors (Lipinski definition) is 1. The van der Waals surface area contributed by atoms with E-state index in [4.69, 9.17) is 10.6 Å². The Morgan fingerprint density at radius 3 is 2.86 bits per heavy atom. The molecule has 1 saturated heterocycles. The first kappa shape index (κ1) is 14.7. The zero-order valence-electron chi connectivity index (χ0n) is 10.7. The summed E-state index contributed by atoms with van der Waals surface area (Å²) in [5, 5.41) is 12.4. The number of rotatable bonds is 4. The standard InChI is InChI=1S/C12H10F2N4O3/c13-7-2-8(12(20)21)11(9(14)3-7)18-5-6(1-10(18)19)4-16-17-15/h2-3,6H,1,4-5H2,(H,20,21). The van der Waals surface area contributed by atoms with Crippen LogP contribution in [0.2, 0.25) is 0 Å². The number of azide groups is 1. The molecule has 1 aliphatic rings. The third-order valence-electron chi connectivity index (χ3n) is 3.14. The Morgan fingerprint density at radius 1 is 1.52 bits per heavy atom. The second-order valence-electron chi connectivity index (χ2n) is 4.58. The fourth-order valence-corrected chi connectivity index (χ4v) is 2.28. The van der Waals surface area contributed by atoms with Crippen LogP contribution in [0, 0.1) is 17.6 Å². The molecule has 1 unspecified atom stereocenters. The maximum atomic E-state index is 13.9. The maximum absolute atomic E-state index is 13.9. The molecule has 2 rings (SSSR count). The van der Waals surface area contributed by atoms with Crippen molar-refractivity contribution in [3.63, 3.8) is 0 Å². The summed E-state index contributed by atoms with van der Waals surface area (Å²) >= 11 is 0. The summed E-state index contributed by atoms with van der Waals surface area (Å²) in [4.78, 5) is 26.5. The van der Waals surface area contributed by atoms with E-state index in [1.165, 1.54) is 0 Å². The Morgan fingerprint density at radius 2 is 2.24 bits per heavy atom. The number of nitrogens with zero attached hydrogens (tertiary/aromatic N) is 4. The molecular weight excluding hydrogens is 286 g/mol. The second kappa shape index (κ2) is 5.76. The van der Waals surface area contributed by atoms with Crippen LogP contribution in [0.15, 0.2) is 17.2 Å². The largest absolute Gasteiger partial charge is 0.478 e. The molecule has 0 spiro atoms. The third-order valence-corrected chi connectivity index (χ3v) is 3.14. The fourth-order valence-electron chi connectivity index (χ4n) is 2.28. The first-order valence-corrected chi connectivity index (χ1v) is 5.97. The molecule has 1 aromatic carbocycles. The first-order valence-electron chi connectivity index (χ1n) is 5.97. The van der Waals surface area contributed by atoms with Gasteiger partial charge in [0, 0.05) is 30.5 Å². The van der Waals surface area contributed by atoms with E-state index in [-0.39, 0.29) is 25.4 Å². The number of halogens is 2. The summed E-state index contributed by atoms with van der Waals surface area (Å²) in [5.41, 5.74) is 7.17. The molecule has 1 aliphatic heterocycles. The van der Waals surface area contributed by atoms with Crippen LogP contribution in [0.5, 0.6) is 0 Å². The monoisotopic (exact) mass is 296 g/mol. The molecule has 1 atom stereocenters. The molecule has 0 aromatic heterocycles. The Hall–Kier alpha value is -2.67. The van der Waals surface area contributed by atoms with E-state index in [9.17, 15) is 18.4 Å². The Bertz CT molecular complexity index is 658. The molecule has 0 saturated carbocycles. The lowest BCUT2D eigenvalue weighted by atomic mass is 10.1. The molecule has 7 nitrogen and oxygen atoms in total. The van der Waals surface area contributed by atoms with Crippen molar-refractivity contribution in [2.75, 3.05) is 18.0 Å². The van der Waals surface area contributed by atoms with Crippen molar-refractivity contribution in [1.82, 2.24) is 0 Å². The summed E-state index contributed by atoms with van der Waals surface area (Å²) in [6.45, 7) is 0.0602. The molecule has 9 heteroatoms. The van der Waals surface area contributed by atoms with E-state index >= 15 is 0 Å². The van der Waals surface area contributed by atoms with Crippen molar-refractivity contribution in [1.29, 1.82) is 0 Å². The van der Waals surface area contributed by atoms with Gasteiger partial charge in [-0.05, 0) is 17.5 Å². The van der Waals surface area contributed by atoms with Crippen LogP contribution < -0.4 is 4.90 Å². The number of hydrogen-bond acceptors (Lipinski definition) is 3. The number of carboxylic acids is 1. The topological polar surface area (TPSA) is 106 Å². The van der Waals surface area contributed by atoms with Gasteiger partial charge in [0.25, 0.3) is 0 Å². The average molecular weight is 296 g/mol. The van der Waals surface area contributed by atoms with Crippen molar-refractivity contribution >= 4 is 17.6 Å². The van der Waals surface area contributed by atoms with Crippen molar-refractivity contribution in [3.8, 4) is 0 Å². The molecule has 110 valence electrons. The smallest absolute Gasteiger partial charge is 0.338 e. The van der Waals surface area contributed by atoms with Gasteiger partial charge >= 0.3 is 5.97 Å². The fraction of sp³-hybridized carbons (Fsp3) is 0.333. The van der Waals surface area contributed by atoms with Crippen LogP contribution in [0.3, 0.4) is 0 Å². The molecule has 1 heterocycles. The van der Waals surface area contributed by atoms with Crippen LogP contribution >= 0.6 is 0 Å². The summed E-state index contributed by atoms with van der Waals surface area (Å²) in [6, 6.07) is 1.19. The highest BCUT2D eigenvalue weighted by Gasteiger charge is 2.34. The number of anilines is 1. The predicted molar refractivity (Wildman–Crippen MR) is 67.8 cm³/mol. The number of carbonyl (C=O) groups excluding carboxylic acids is 1. The van der Waals surface area contributed by atoms with E-state index in [1.807, 2.05) is 0 Å². The van der Waals surface area contributed by atoms with Gasteiger partial charge in [-0.3, -0.25) is 4.79 Å². The van der Waals surface area contributed by atoms with Crippen LogP contribution in [0.4, 0.5) is 14.5 Å². The summed E-state index contributed by atoms with van der Waals surface area (Å²) in [5.74, 6) is -4.52. The molecule has 0 aliphatic carbocycles. The van der Waals surface area contributed by atoms with Gasteiger partial charge in [-0.15, -0.1) is 0 Å². The summed E-state index contributed by atoms with van der Waals surface area (Å²) < 4.78 is 27.0. The minimum atomic E-state index is -1.53. The van der Waals surface area contributed by atoms with Crippen molar-refractivity contribution in [3.05, 3.63) is 39.8 Å². The molecule has 0 radical (unpaired) electrons. The number of amides is 1. The molecule has 1 fully saturated rings. The Labute approximate surface area is 117 Å². The number of benzene rings is 1. The maximum Gasteiger partial charge on any atom is 0.338 e. The highest BCUT2D eigenvalue weighted by Crippen LogP contribution is 2.31. The highest BCUT2D eigenvalue weighted by molar-refractivity contribution is 6.03. The van der Waals surface area contributed by atoms with Crippen LogP contribution in [-0.4, -0.2) is 30.1 Å². The van der Waals surface area contributed by atoms with Crippen molar-refractivity contribution < 1.29 is 23.5 Å². The average Bonchev–Trinajstić information content (AvgIpc) is 2.76. The van der Waals surface area contributed by atoms with Gasteiger partial charge in [0.1, 0.15) is 5.82 Å². The van der Waals surface area contributed by atoms with Crippen molar-refractivity contribution in [2.45, 2.75) is 6.42 Å². The minimum absolute atomic E-state index is 0.00882. The van der Waals surface area contributed by atoms with Gasteiger partial charge < -0.3 is 10.0 Å². The summed E-state index contributed by atoms with van der Waals surface area (Å²) in [7, 11) is 0.